The lowest BCUT2D eigenvalue weighted by atomic mass is 9.98. The third-order valence-corrected chi connectivity index (χ3v) is 4.86. The van der Waals surface area contributed by atoms with E-state index < -0.39 is 23.4 Å². The summed E-state index contributed by atoms with van der Waals surface area (Å²) in [5, 5.41) is 5.69. The molecule has 1 amide bonds. The minimum Gasteiger partial charge on any atom is -0.497 e. The van der Waals surface area contributed by atoms with Gasteiger partial charge in [-0.2, -0.15) is 0 Å². The lowest BCUT2D eigenvalue weighted by molar-refractivity contribution is -0.119. The van der Waals surface area contributed by atoms with E-state index in [9.17, 15) is 13.6 Å². The van der Waals surface area contributed by atoms with E-state index in [4.69, 9.17) is 9.47 Å². The van der Waals surface area contributed by atoms with Gasteiger partial charge in [0.2, 0.25) is 5.91 Å². The number of benzene rings is 3. The quantitative estimate of drug-likeness (QED) is 0.517. The highest BCUT2D eigenvalue weighted by Gasteiger charge is 2.18. The Labute approximate surface area is 185 Å². The second kappa shape index (κ2) is 10.5. The number of hydrogen-bond acceptors (Lipinski definition) is 5. The van der Waals surface area contributed by atoms with Gasteiger partial charge in [0.05, 0.1) is 33.9 Å². The van der Waals surface area contributed by atoms with Crippen LogP contribution in [0.3, 0.4) is 0 Å². The average molecular weight is 442 g/mol. The van der Waals surface area contributed by atoms with E-state index in [-0.39, 0.29) is 18.1 Å². The zero-order chi connectivity index (χ0) is 23.1. The Balaban J connectivity index is 1.76. The highest BCUT2D eigenvalue weighted by atomic mass is 19.1. The summed E-state index contributed by atoms with van der Waals surface area (Å²) in [6.07, 6.45) is 0. The Kier molecular flexibility index (Phi) is 7.49. The topological polar surface area (TPSA) is 68.8 Å². The molecule has 0 spiro atoms. The number of carbonyl (C=O) groups is 1. The maximum absolute atomic E-state index is 13.9. The molecule has 0 saturated heterocycles. The average Bonchev–Trinajstić information content (AvgIpc) is 2.81. The molecule has 2 N–H and O–H groups in total. The van der Waals surface area contributed by atoms with Gasteiger partial charge in [0.15, 0.2) is 17.4 Å². The van der Waals surface area contributed by atoms with Crippen molar-refractivity contribution < 1.29 is 27.8 Å². The van der Waals surface area contributed by atoms with Crippen molar-refractivity contribution in [3.63, 3.8) is 0 Å². The minimum atomic E-state index is -0.857. The van der Waals surface area contributed by atoms with Crippen molar-refractivity contribution in [2.75, 3.05) is 33.2 Å². The van der Waals surface area contributed by atoms with E-state index in [0.717, 1.165) is 23.3 Å². The van der Waals surface area contributed by atoms with Crippen LogP contribution < -0.4 is 24.8 Å². The number of methoxy groups -OCH3 is 3. The molecule has 8 heteroatoms. The van der Waals surface area contributed by atoms with Gasteiger partial charge >= 0.3 is 0 Å². The lowest BCUT2D eigenvalue weighted by Gasteiger charge is -2.21. The second-order valence-electron chi connectivity index (χ2n) is 6.87. The first kappa shape index (κ1) is 22.9. The van der Waals surface area contributed by atoms with Gasteiger partial charge in [-0.15, -0.1) is 0 Å². The Morgan fingerprint density at radius 1 is 0.812 bits per heavy atom. The first-order valence-corrected chi connectivity index (χ1v) is 9.79. The fourth-order valence-electron chi connectivity index (χ4n) is 3.20. The number of carbonyl (C=O) groups excluding carboxylic acids is 1. The van der Waals surface area contributed by atoms with Crippen molar-refractivity contribution in [2.45, 2.75) is 6.04 Å². The molecule has 0 atom stereocenters. The summed E-state index contributed by atoms with van der Waals surface area (Å²) in [5.41, 5.74) is 1.80. The molecule has 0 aliphatic carbocycles. The molecule has 0 radical (unpaired) electrons. The predicted molar refractivity (Wildman–Crippen MR) is 117 cm³/mol. The van der Waals surface area contributed by atoms with Crippen molar-refractivity contribution in [3.05, 3.63) is 83.4 Å². The van der Waals surface area contributed by atoms with Crippen LogP contribution in [0.15, 0.2) is 60.7 Å². The lowest BCUT2D eigenvalue weighted by Crippen LogP contribution is -2.34. The second-order valence-corrected chi connectivity index (χ2v) is 6.87. The van der Waals surface area contributed by atoms with Gasteiger partial charge in [0.25, 0.3) is 0 Å². The van der Waals surface area contributed by atoms with Crippen molar-refractivity contribution in [3.8, 4) is 17.2 Å². The number of rotatable bonds is 9. The molecule has 0 aliphatic rings. The van der Waals surface area contributed by atoms with Gasteiger partial charge < -0.3 is 24.8 Å². The molecule has 0 unspecified atom stereocenters. The number of ether oxygens (including phenoxy) is 3. The first-order valence-electron chi connectivity index (χ1n) is 9.79. The van der Waals surface area contributed by atoms with Crippen molar-refractivity contribution >= 4 is 11.6 Å². The standard InChI is InChI=1S/C24H24F2N2O4/c1-30-18-8-4-15(5-9-18)23(16-6-10-19(31-2)11-7-16)28-22(29)14-27-17-12-20(25)24(32-3)21(26)13-17/h4-13,23,27H,14H2,1-3H3,(H,28,29). The summed E-state index contributed by atoms with van der Waals surface area (Å²) < 4.78 is 42.8. The molecule has 0 bridgehead atoms. The molecule has 0 heterocycles. The summed E-state index contributed by atoms with van der Waals surface area (Å²) in [7, 11) is 4.34. The zero-order valence-corrected chi connectivity index (χ0v) is 17.9. The molecule has 3 aromatic carbocycles. The van der Waals surface area contributed by atoms with Crippen LogP contribution in [0.2, 0.25) is 0 Å². The molecule has 6 nitrogen and oxygen atoms in total. The number of amides is 1. The summed E-state index contributed by atoms with van der Waals surface area (Å²) in [5.74, 6) is -1.16. The van der Waals surface area contributed by atoms with Gasteiger partial charge in [-0.1, -0.05) is 24.3 Å². The monoisotopic (exact) mass is 442 g/mol. The summed E-state index contributed by atoms with van der Waals surface area (Å²) in [6, 6.07) is 16.3. The SMILES string of the molecule is COc1ccc(C(NC(=O)CNc2cc(F)c(OC)c(F)c2)c2ccc(OC)cc2)cc1. The van der Waals surface area contributed by atoms with E-state index in [0.29, 0.717) is 11.5 Å². The third kappa shape index (κ3) is 5.46. The third-order valence-electron chi connectivity index (χ3n) is 4.86. The summed E-state index contributed by atoms with van der Waals surface area (Å²) >= 11 is 0. The minimum absolute atomic E-state index is 0.126. The molecule has 168 valence electrons. The highest BCUT2D eigenvalue weighted by Crippen LogP contribution is 2.27. The highest BCUT2D eigenvalue weighted by molar-refractivity contribution is 5.81. The number of nitrogens with one attached hydrogen (secondary N) is 2. The maximum atomic E-state index is 13.9. The number of halogens is 2. The molecule has 3 rings (SSSR count). The van der Waals surface area contributed by atoms with Gasteiger partial charge in [-0.3, -0.25) is 4.79 Å². The van der Waals surface area contributed by atoms with Crippen LogP contribution in [-0.2, 0) is 4.79 Å². The van der Waals surface area contributed by atoms with Crippen molar-refractivity contribution in [1.82, 2.24) is 5.32 Å². The number of anilines is 1. The van der Waals surface area contributed by atoms with Crippen LogP contribution >= 0.6 is 0 Å². The Morgan fingerprint density at radius 2 is 1.28 bits per heavy atom. The normalized spacial score (nSPS) is 10.6. The Morgan fingerprint density at radius 3 is 1.69 bits per heavy atom. The van der Waals surface area contributed by atoms with E-state index in [1.165, 1.54) is 7.11 Å². The first-order chi connectivity index (χ1) is 15.4. The van der Waals surface area contributed by atoms with E-state index >= 15 is 0 Å². The molecular formula is C24H24F2N2O4. The zero-order valence-electron chi connectivity index (χ0n) is 17.9. The van der Waals surface area contributed by atoms with Gasteiger partial charge in [0.1, 0.15) is 11.5 Å². The summed E-state index contributed by atoms with van der Waals surface area (Å²) in [6.45, 7) is -0.186. The van der Waals surface area contributed by atoms with Crippen LogP contribution in [-0.4, -0.2) is 33.8 Å². The Bertz CT molecular complexity index is 986. The molecule has 0 aromatic heterocycles. The van der Waals surface area contributed by atoms with Gasteiger partial charge in [0, 0.05) is 17.8 Å². The van der Waals surface area contributed by atoms with Crippen molar-refractivity contribution in [2.24, 2.45) is 0 Å². The van der Waals surface area contributed by atoms with Crippen LogP contribution in [0.4, 0.5) is 14.5 Å². The fourth-order valence-corrected chi connectivity index (χ4v) is 3.20. The van der Waals surface area contributed by atoms with E-state index in [1.54, 1.807) is 38.5 Å². The van der Waals surface area contributed by atoms with Crippen LogP contribution in [0, 0.1) is 11.6 Å². The molecule has 3 aromatic rings. The molecule has 0 fully saturated rings. The maximum Gasteiger partial charge on any atom is 0.240 e. The van der Waals surface area contributed by atoms with Crippen LogP contribution in [0.25, 0.3) is 0 Å². The largest absolute Gasteiger partial charge is 0.497 e. The molecular weight excluding hydrogens is 418 g/mol. The number of hydrogen-bond donors (Lipinski definition) is 2. The van der Waals surface area contributed by atoms with Gasteiger partial charge in [-0.25, -0.2) is 8.78 Å². The van der Waals surface area contributed by atoms with E-state index in [2.05, 4.69) is 15.4 Å². The Hall–Kier alpha value is -3.81. The fraction of sp³-hybridized carbons (Fsp3) is 0.208. The smallest absolute Gasteiger partial charge is 0.240 e. The predicted octanol–water partition coefficient (Wildman–Crippen LogP) is 4.31. The van der Waals surface area contributed by atoms with Crippen molar-refractivity contribution in [1.29, 1.82) is 0 Å². The summed E-state index contributed by atoms with van der Waals surface area (Å²) in [4.78, 5) is 12.7. The molecule has 0 saturated carbocycles. The molecule has 0 aliphatic heterocycles. The van der Waals surface area contributed by atoms with Crippen LogP contribution in [0.5, 0.6) is 17.2 Å². The van der Waals surface area contributed by atoms with E-state index in [1.807, 2.05) is 24.3 Å². The van der Waals surface area contributed by atoms with Crippen LogP contribution in [0.1, 0.15) is 17.2 Å². The molecule has 32 heavy (non-hydrogen) atoms. The van der Waals surface area contributed by atoms with Gasteiger partial charge in [-0.05, 0) is 35.4 Å².